The SMILES string of the molecule is CC[C@@H]1[C@@H]2C[C@H](O)CC[C@]2(C)C2CC[C@@]3(C)C(CC[C@@H]3[C@@H](C)CC(C)C(=O)NCCS(=O)(=O)O)C2[C@@]1(C)O. The molecule has 0 bridgehead atoms. The Morgan fingerprint density at radius 2 is 1.63 bits per heavy atom. The number of aliphatic hydroxyl groups is 2. The van der Waals surface area contributed by atoms with Gasteiger partial charge in [0.05, 0.1) is 17.5 Å². The van der Waals surface area contributed by atoms with E-state index in [0.717, 1.165) is 57.8 Å². The van der Waals surface area contributed by atoms with Crippen molar-refractivity contribution in [1.29, 1.82) is 0 Å². The van der Waals surface area contributed by atoms with Gasteiger partial charge in [-0.3, -0.25) is 9.35 Å². The summed E-state index contributed by atoms with van der Waals surface area (Å²) in [6.07, 6.45) is 8.71. The summed E-state index contributed by atoms with van der Waals surface area (Å²) < 4.78 is 30.9. The standard InChI is InChI=1S/C30H53NO6S/c1-7-21-25-17-20(32)10-12-29(25,5)24-11-13-28(4)22(8-9-23(28)26(24)30(21,6)34)18(2)16-19(3)27(33)31-14-15-38(35,36)37/h18-26,32,34H,7-17H2,1-6H3,(H,31,33)(H,35,36,37)/t18-,19?,20+,21+,22+,23?,24?,25-,26?,28+,29+,30-/m0/s1. The molecule has 4 saturated carbocycles. The smallest absolute Gasteiger partial charge is 0.266 e. The van der Waals surface area contributed by atoms with Gasteiger partial charge >= 0.3 is 0 Å². The van der Waals surface area contributed by atoms with Crippen molar-refractivity contribution in [1.82, 2.24) is 5.32 Å². The van der Waals surface area contributed by atoms with Crippen LogP contribution in [0.2, 0.25) is 0 Å². The second-order valence-electron chi connectivity index (χ2n) is 14.4. The molecule has 4 N–H and O–H groups in total. The molecule has 1 amide bonds. The second kappa shape index (κ2) is 10.6. The van der Waals surface area contributed by atoms with E-state index in [9.17, 15) is 23.4 Å². The monoisotopic (exact) mass is 555 g/mol. The Kier molecular flexibility index (Phi) is 8.45. The Labute approximate surface area is 230 Å². The maximum atomic E-state index is 12.6. The van der Waals surface area contributed by atoms with E-state index in [0.29, 0.717) is 29.6 Å². The average molecular weight is 556 g/mol. The summed E-state index contributed by atoms with van der Waals surface area (Å²) in [6, 6.07) is 0. The molecule has 0 aromatic heterocycles. The van der Waals surface area contributed by atoms with E-state index in [2.05, 4.69) is 39.9 Å². The molecule has 4 rings (SSSR count). The van der Waals surface area contributed by atoms with Gasteiger partial charge in [0, 0.05) is 12.5 Å². The summed E-state index contributed by atoms with van der Waals surface area (Å²) in [5.74, 6) is 1.73. The molecule has 7 nitrogen and oxygen atoms in total. The normalized spacial score (nSPS) is 46.4. The molecule has 4 unspecified atom stereocenters. The quantitative estimate of drug-likeness (QED) is 0.323. The van der Waals surface area contributed by atoms with Gasteiger partial charge in [-0.2, -0.15) is 8.42 Å². The number of hydrogen-bond donors (Lipinski definition) is 4. The van der Waals surface area contributed by atoms with Crippen LogP contribution in [0.5, 0.6) is 0 Å². The molecule has 0 aliphatic heterocycles. The van der Waals surface area contributed by atoms with Crippen molar-refractivity contribution in [3.8, 4) is 0 Å². The van der Waals surface area contributed by atoms with Crippen molar-refractivity contribution >= 4 is 16.0 Å². The van der Waals surface area contributed by atoms with Crippen LogP contribution in [0.25, 0.3) is 0 Å². The van der Waals surface area contributed by atoms with Gasteiger partial charge in [-0.15, -0.1) is 0 Å². The molecular formula is C30H53NO6S. The van der Waals surface area contributed by atoms with E-state index in [1.165, 1.54) is 0 Å². The first-order chi connectivity index (χ1) is 17.6. The zero-order valence-electron chi connectivity index (χ0n) is 24.4. The maximum Gasteiger partial charge on any atom is 0.266 e. The second-order valence-corrected chi connectivity index (χ2v) is 16.0. The van der Waals surface area contributed by atoms with Crippen LogP contribution < -0.4 is 5.32 Å². The van der Waals surface area contributed by atoms with Crippen LogP contribution >= 0.6 is 0 Å². The third-order valence-electron chi connectivity index (χ3n) is 12.5. The molecule has 4 aliphatic carbocycles. The highest BCUT2D eigenvalue weighted by Gasteiger charge is 2.68. The van der Waals surface area contributed by atoms with Gasteiger partial charge in [0.25, 0.3) is 10.1 Å². The molecule has 38 heavy (non-hydrogen) atoms. The molecule has 0 aromatic carbocycles. The van der Waals surface area contributed by atoms with Gasteiger partial charge in [0.2, 0.25) is 5.91 Å². The number of fused-ring (bicyclic) bond motifs is 5. The lowest BCUT2D eigenvalue weighted by atomic mass is 9.38. The minimum Gasteiger partial charge on any atom is -0.393 e. The minimum atomic E-state index is -4.09. The van der Waals surface area contributed by atoms with Crippen molar-refractivity contribution in [3.05, 3.63) is 0 Å². The zero-order valence-corrected chi connectivity index (χ0v) is 25.3. The summed E-state index contributed by atoms with van der Waals surface area (Å²) >= 11 is 0. The summed E-state index contributed by atoms with van der Waals surface area (Å²) in [5.41, 5.74) is -0.445. The number of hydrogen-bond acceptors (Lipinski definition) is 5. The molecule has 220 valence electrons. The molecule has 0 heterocycles. The van der Waals surface area contributed by atoms with Crippen molar-refractivity contribution in [2.45, 2.75) is 111 Å². The first-order valence-electron chi connectivity index (χ1n) is 15.2. The Balaban J connectivity index is 1.51. The minimum absolute atomic E-state index is 0.0762. The molecule has 0 aromatic rings. The summed E-state index contributed by atoms with van der Waals surface area (Å²) in [5, 5.41) is 25.6. The van der Waals surface area contributed by atoms with Crippen LogP contribution in [0.3, 0.4) is 0 Å². The molecule has 0 spiro atoms. The lowest BCUT2D eigenvalue weighted by Gasteiger charge is -2.68. The fraction of sp³-hybridized carbons (Fsp3) is 0.967. The Bertz CT molecular complexity index is 983. The summed E-state index contributed by atoms with van der Waals surface area (Å²) in [6.45, 7) is 13.3. The molecule has 4 aliphatic rings. The molecule has 0 radical (unpaired) electrons. The topological polar surface area (TPSA) is 124 Å². The lowest BCUT2D eigenvalue weighted by Crippen LogP contribution is -2.66. The van der Waals surface area contributed by atoms with Crippen LogP contribution in [0.15, 0.2) is 0 Å². The maximum absolute atomic E-state index is 12.6. The third kappa shape index (κ3) is 5.21. The van der Waals surface area contributed by atoms with E-state index in [1.54, 1.807) is 0 Å². The van der Waals surface area contributed by atoms with E-state index in [4.69, 9.17) is 4.55 Å². The highest BCUT2D eigenvalue weighted by Crippen LogP contribution is 2.71. The van der Waals surface area contributed by atoms with E-state index < -0.39 is 21.5 Å². The first kappa shape index (κ1) is 30.3. The van der Waals surface area contributed by atoms with Crippen LogP contribution in [0.1, 0.15) is 99.3 Å². The Morgan fingerprint density at radius 1 is 1.00 bits per heavy atom. The van der Waals surface area contributed by atoms with E-state index in [1.807, 2.05) is 6.92 Å². The number of amides is 1. The van der Waals surface area contributed by atoms with Gasteiger partial charge in [-0.1, -0.05) is 41.0 Å². The molecule has 8 heteroatoms. The number of nitrogens with one attached hydrogen (secondary N) is 1. The summed E-state index contributed by atoms with van der Waals surface area (Å²) in [7, 11) is -4.09. The third-order valence-corrected chi connectivity index (χ3v) is 13.2. The lowest BCUT2D eigenvalue weighted by molar-refractivity contribution is -0.245. The highest BCUT2D eigenvalue weighted by molar-refractivity contribution is 7.85. The van der Waals surface area contributed by atoms with Crippen molar-refractivity contribution in [2.75, 3.05) is 12.3 Å². The predicted octanol–water partition coefficient (Wildman–Crippen LogP) is 4.67. The fourth-order valence-electron chi connectivity index (χ4n) is 10.8. The van der Waals surface area contributed by atoms with Gasteiger partial charge in [-0.05, 0) is 111 Å². The highest BCUT2D eigenvalue weighted by atomic mass is 32.2. The van der Waals surface area contributed by atoms with Crippen molar-refractivity contribution in [2.24, 2.45) is 58.2 Å². The van der Waals surface area contributed by atoms with Crippen LogP contribution in [-0.2, 0) is 14.9 Å². The van der Waals surface area contributed by atoms with Gasteiger partial charge in [0.15, 0.2) is 0 Å². The zero-order chi connectivity index (χ0) is 28.3. The average Bonchev–Trinajstić information content (AvgIpc) is 3.16. The van der Waals surface area contributed by atoms with E-state index >= 15 is 0 Å². The molecule has 0 saturated heterocycles. The Hall–Kier alpha value is -0.700. The molecular weight excluding hydrogens is 502 g/mol. The van der Waals surface area contributed by atoms with Gasteiger partial charge in [-0.25, -0.2) is 0 Å². The van der Waals surface area contributed by atoms with Gasteiger partial charge < -0.3 is 15.5 Å². The largest absolute Gasteiger partial charge is 0.393 e. The van der Waals surface area contributed by atoms with Crippen molar-refractivity contribution in [3.63, 3.8) is 0 Å². The number of carbonyl (C=O) groups excluding carboxylic acids is 1. The number of rotatable bonds is 8. The molecule has 12 atom stereocenters. The summed E-state index contributed by atoms with van der Waals surface area (Å²) in [4.78, 5) is 12.6. The first-order valence-corrected chi connectivity index (χ1v) is 16.8. The van der Waals surface area contributed by atoms with E-state index in [-0.39, 0.29) is 47.1 Å². The fourth-order valence-corrected chi connectivity index (χ4v) is 11.1. The Morgan fingerprint density at radius 3 is 2.26 bits per heavy atom. The number of carbonyl (C=O) groups is 1. The van der Waals surface area contributed by atoms with Crippen LogP contribution in [-0.4, -0.2) is 53.1 Å². The number of aliphatic hydroxyl groups excluding tert-OH is 1. The van der Waals surface area contributed by atoms with Crippen LogP contribution in [0.4, 0.5) is 0 Å². The van der Waals surface area contributed by atoms with Gasteiger partial charge in [0.1, 0.15) is 0 Å². The predicted molar refractivity (Wildman–Crippen MR) is 149 cm³/mol. The van der Waals surface area contributed by atoms with Crippen molar-refractivity contribution < 1.29 is 28.0 Å². The molecule has 4 fully saturated rings. The van der Waals surface area contributed by atoms with Crippen LogP contribution in [0, 0.1) is 58.2 Å².